The average molecular weight is 262 g/mol. The molecule has 0 fully saturated rings. The quantitative estimate of drug-likeness (QED) is 0.781. The first-order valence-electron chi connectivity index (χ1n) is 4.47. The van der Waals surface area contributed by atoms with Gasteiger partial charge in [0.05, 0.1) is 0 Å². The van der Waals surface area contributed by atoms with Gasteiger partial charge in [-0.05, 0) is 36.8 Å². The minimum atomic E-state index is 0.331. The molecule has 0 spiro atoms. The lowest BCUT2D eigenvalue weighted by Crippen LogP contribution is -1.78. The maximum Gasteiger partial charge on any atom is 0.204 e. The fourth-order valence-electron chi connectivity index (χ4n) is 1.36. The van der Waals surface area contributed by atoms with Gasteiger partial charge in [-0.1, -0.05) is 22.0 Å². The molecule has 1 heterocycles. The molecule has 0 aliphatic rings. The summed E-state index contributed by atoms with van der Waals surface area (Å²) >= 11 is 3.47. The summed E-state index contributed by atoms with van der Waals surface area (Å²) in [7, 11) is 0. The molecule has 1 aromatic carbocycles. The lowest BCUT2D eigenvalue weighted by Gasteiger charge is -2.01. The molecule has 1 aromatic heterocycles. The van der Waals surface area contributed by atoms with Crippen molar-refractivity contribution >= 4 is 15.9 Å². The highest BCUT2D eigenvalue weighted by Crippen LogP contribution is 2.30. The van der Waals surface area contributed by atoms with Crippen molar-refractivity contribution in [3.05, 3.63) is 46.1 Å². The molecule has 2 nitrogen and oxygen atoms in total. The van der Waals surface area contributed by atoms with E-state index in [1.165, 1.54) is 5.56 Å². The number of halogens is 1. The number of nitriles is 1. The van der Waals surface area contributed by atoms with Gasteiger partial charge in [-0.25, -0.2) is 0 Å². The van der Waals surface area contributed by atoms with Gasteiger partial charge in [0.2, 0.25) is 5.76 Å². The van der Waals surface area contributed by atoms with Crippen LogP contribution in [0.4, 0.5) is 0 Å². The molecule has 0 aliphatic carbocycles. The SMILES string of the molecule is Cc1ccc(-c2ccc(C#N)o2)c(Br)c1. The minimum Gasteiger partial charge on any atom is -0.446 e. The van der Waals surface area contributed by atoms with E-state index in [2.05, 4.69) is 15.9 Å². The molecule has 0 bridgehead atoms. The molecule has 0 unspecified atom stereocenters. The Morgan fingerprint density at radius 1 is 1.27 bits per heavy atom. The first kappa shape index (κ1) is 10.0. The number of rotatable bonds is 1. The summed E-state index contributed by atoms with van der Waals surface area (Å²) in [5, 5.41) is 8.66. The molecule has 0 saturated carbocycles. The van der Waals surface area contributed by atoms with Gasteiger partial charge in [-0.2, -0.15) is 5.26 Å². The maximum atomic E-state index is 8.66. The van der Waals surface area contributed by atoms with E-state index < -0.39 is 0 Å². The second kappa shape index (κ2) is 3.92. The highest BCUT2D eigenvalue weighted by Gasteiger charge is 2.07. The van der Waals surface area contributed by atoms with E-state index in [0.29, 0.717) is 11.5 Å². The highest BCUT2D eigenvalue weighted by molar-refractivity contribution is 9.10. The second-order valence-corrected chi connectivity index (χ2v) is 4.11. The molecular weight excluding hydrogens is 254 g/mol. The van der Waals surface area contributed by atoms with Crippen molar-refractivity contribution in [1.82, 2.24) is 0 Å². The Morgan fingerprint density at radius 3 is 2.67 bits per heavy atom. The molecule has 2 rings (SSSR count). The first-order chi connectivity index (χ1) is 7.20. The van der Waals surface area contributed by atoms with Crippen molar-refractivity contribution < 1.29 is 4.42 Å². The predicted molar refractivity (Wildman–Crippen MR) is 61.3 cm³/mol. The van der Waals surface area contributed by atoms with Gasteiger partial charge >= 0.3 is 0 Å². The number of hydrogen-bond donors (Lipinski definition) is 0. The fraction of sp³-hybridized carbons (Fsp3) is 0.0833. The lowest BCUT2D eigenvalue weighted by atomic mass is 10.1. The largest absolute Gasteiger partial charge is 0.446 e. The number of benzene rings is 1. The summed E-state index contributed by atoms with van der Waals surface area (Å²) in [6, 6.07) is 11.4. The Bertz CT molecular complexity index is 537. The Labute approximate surface area is 96.3 Å². The van der Waals surface area contributed by atoms with E-state index in [1.54, 1.807) is 12.1 Å². The zero-order chi connectivity index (χ0) is 10.8. The standard InChI is InChI=1S/C12H8BrNO/c1-8-2-4-10(11(13)6-8)12-5-3-9(7-14)15-12/h2-6H,1H3. The molecule has 15 heavy (non-hydrogen) atoms. The summed E-state index contributed by atoms with van der Waals surface area (Å²) in [4.78, 5) is 0. The second-order valence-electron chi connectivity index (χ2n) is 3.26. The highest BCUT2D eigenvalue weighted by atomic mass is 79.9. The third-order valence-electron chi connectivity index (χ3n) is 2.11. The van der Waals surface area contributed by atoms with E-state index >= 15 is 0 Å². The Hall–Kier alpha value is -1.53. The third kappa shape index (κ3) is 1.95. The monoisotopic (exact) mass is 261 g/mol. The average Bonchev–Trinajstić information content (AvgIpc) is 2.66. The zero-order valence-electron chi connectivity index (χ0n) is 8.12. The van der Waals surface area contributed by atoms with E-state index in [4.69, 9.17) is 9.68 Å². The summed E-state index contributed by atoms with van der Waals surface area (Å²) in [5.41, 5.74) is 2.14. The van der Waals surface area contributed by atoms with Gasteiger partial charge in [-0.3, -0.25) is 0 Å². The van der Waals surface area contributed by atoms with Crippen LogP contribution in [0, 0.1) is 18.3 Å². The lowest BCUT2D eigenvalue weighted by molar-refractivity contribution is 0.567. The molecule has 0 aliphatic heterocycles. The van der Waals surface area contributed by atoms with Gasteiger partial charge in [0.15, 0.2) is 0 Å². The molecule has 0 radical (unpaired) electrons. The summed E-state index contributed by atoms with van der Waals surface area (Å²) in [6.45, 7) is 2.03. The first-order valence-corrected chi connectivity index (χ1v) is 5.26. The van der Waals surface area contributed by atoms with Crippen molar-refractivity contribution in [2.45, 2.75) is 6.92 Å². The van der Waals surface area contributed by atoms with E-state index in [1.807, 2.05) is 31.2 Å². The van der Waals surface area contributed by atoms with Crippen molar-refractivity contribution in [2.75, 3.05) is 0 Å². The number of aryl methyl sites for hydroxylation is 1. The molecule has 3 heteroatoms. The topological polar surface area (TPSA) is 36.9 Å². The van der Waals surface area contributed by atoms with Crippen LogP contribution in [0.15, 0.2) is 39.2 Å². The Balaban J connectivity index is 2.50. The van der Waals surface area contributed by atoms with Gasteiger partial charge in [0, 0.05) is 10.0 Å². The fourth-order valence-corrected chi connectivity index (χ4v) is 2.05. The van der Waals surface area contributed by atoms with Crippen LogP contribution in [0.25, 0.3) is 11.3 Å². The van der Waals surface area contributed by atoms with Crippen LogP contribution in [0.5, 0.6) is 0 Å². The number of nitrogens with zero attached hydrogens (tertiary/aromatic N) is 1. The number of hydrogen-bond acceptors (Lipinski definition) is 2. The van der Waals surface area contributed by atoms with Crippen molar-refractivity contribution in [3.63, 3.8) is 0 Å². The molecule has 0 atom stereocenters. The van der Waals surface area contributed by atoms with Crippen molar-refractivity contribution in [2.24, 2.45) is 0 Å². The molecule has 0 N–H and O–H groups in total. The third-order valence-corrected chi connectivity index (χ3v) is 2.76. The maximum absolute atomic E-state index is 8.66. The van der Waals surface area contributed by atoms with Crippen LogP contribution >= 0.6 is 15.9 Å². The van der Waals surface area contributed by atoms with Crippen LogP contribution in [-0.4, -0.2) is 0 Å². The molecular formula is C12H8BrNO. The van der Waals surface area contributed by atoms with Crippen LogP contribution < -0.4 is 0 Å². The normalized spacial score (nSPS) is 9.93. The Kier molecular flexibility index (Phi) is 2.61. The van der Waals surface area contributed by atoms with Crippen molar-refractivity contribution in [3.8, 4) is 17.4 Å². The van der Waals surface area contributed by atoms with Gasteiger partial charge in [0.25, 0.3) is 0 Å². The zero-order valence-corrected chi connectivity index (χ0v) is 9.71. The predicted octanol–water partition coefficient (Wildman–Crippen LogP) is 3.89. The smallest absolute Gasteiger partial charge is 0.204 e. The van der Waals surface area contributed by atoms with Crippen LogP contribution in [0.1, 0.15) is 11.3 Å². The van der Waals surface area contributed by atoms with Crippen LogP contribution in [0.2, 0.25) is 0 Å². The van der Waals surface area contributed by atoms with E-state index in [9.17, 15) is 0 Å². The van der Waals surface area contributed by atoms with Crippen LogP contribution in [0.3, 0.4) is 0 Å². The Morgan fingerprint density at radius 2 is 2.07 bits per heavy atom. The van der Waals surface area contributed by atoms with Gasteiger partial charge < -0.3 is 4.42 Å². The van der Waals surface area contributed by atoms with Gasteiger partial charge in [-0.15, -0.1) is 0 Å². The van der Waals surface area contributed by atoms with Crippen LogP contribution in [-0.2, 0) is 0 Å². The van der Waals surface area contributed by atoms with Crippen molar-refractivity contribution in [1.29, 1.82) is 5.26 Å². The van der Waals surface area contributed by atoms with E-state index in [-0.39, 0.29) is 0 Å². The number of furan rings is 1. The van der Waals surface area contributed by atoms with E-state index in [0.717, 1.165) is 10.0 Å². The minimum absolute atomic E-state index is 0.331. The molecule has 0 saturated heterocycles. The summed E-state index contributed by atoms with van der Waals surface area (Å²) in [6.07, 6.45) is 0. The van der Waals surface area contributed by atoms with Gasteiger partial charge in [0.1, 0.15) is 11.8 Å². The molecule has 2 aromatic rings. The summed E-state index contributed by atoms with van der Waals surface area (Å²) in [5.74, 6) is 1.04. The molecule has 0 amide bonds. The molecule has 74 valence electrons. The summed E-state index contributed by atoms with van der Waals surface area (Å²) < 4.78 is 6.32.